The Hall–Kier alpha value is -3.08. The summed E-state index contributed by atoms with van der Waals surface area (Å²) in [6.45, 7) is 4.67. The zero-order valence-corrected chi connectivity index (χ0v) is 15.0. The minimum absolute atomic E-state index is 0.111. The topological polar surface area (TPSA) is 74.0 Å². The number of pyridine rings is 1. The normalized spacial score (nSPS) is 10.9. The number of hydrogen-bond acceptors (Lipinski definition) is 2. The highest BCUT2D eigenvalue weighted by atomic mass is 16.2. The van der Waals surface area contributed by atoms with Crippen molar-refractivity contribution < 1.29 is 4.79 Å². The molecule has 0 aliphatic rings. The number of aromatic nitrogens is 1. The number of benzene rings is 2. The van der Waals surface area contributed by atoms with Crippen LogP contribution < -0.4 is 16.2 Å². The van der Waals surface area contributed by atoms with Gasteiger partial charge in [-0.25, -0.2) is 4.79 Å². The van der Waals surface area contributed by atoms with Gasteiger partial charge in [-0.1, -0.05) is 38.1 Å². The molecule has 2 amide bonds. The summed E-state index contributed by atoms with van der Waals surface area (Å²) in [5, 5.41) is 6.55. The number of amides is 2. The lowest BCUT2D eigenvalue weighted by molar-refractivity contribution is 0.252. The van der Waals surface area contributed by atoms with Crippen molar-refractivity contribution in [2.24, 2.45) is 0 Å². The molecule has 0 unspecified atom stereocenters. The molecule has 0 atom stereocenters. The molecule has 1 heterocycles. The molecule has 1 aromatic heterocycles. The lowest BCUT2D eigenvalue weighted by Crippen LogP contribution is -2.31. The molecule has 0 spiro atoms. The van der Waals surface area contributed by atoms with Crippen LogP contribution in [-0.2, 0) is 6.42 Å². The predicted octanol–water partition coefficient (Wildman–Crippen LogP) is 4.02. The van der Waals surface area contributed by atoms with Crippen LogP contribution in [0.15, 0.2) is 59.4 Å². The van der Waals surface area contributed by atoms with Gasteiger partial charge in [0.15, 0.2) is 0 Å². The zero-order valence-electron chi connectivity index (χ0n) is 15.0. The summed E-state index contributed by atoms with van der Waals surface area (Å²) in [7, 11) is 0. The maximum absolute atomic E-state index is 12.2. The van der Waals surface area contributed by atoms with Gasteiger partial charge >= 0.3 is 6.03 Å². The minimum Gasteiger partial charge on any atom is -0.338 e. The van der Waals surface area contributed by atoms with Gasteiger partial charge in [0.1, 0.15) is 0 Å². The summed E-state index contributed by atoms with van der Waals surface area (Å²) < 4.78 is 0. The molecule has 3 rings (SSSR count). The van der Waals surface area contributed by atoms with E-state index in [4.69, 9.17) is 0 Å². The Morgan fingerprint density at radius 2 is 1.85 bits per heavy atom. The highest BCUT2D eigenvalue weighted by Gasteiger charge is 2.07. The summed E-state index contributed by atoms with van der Waals surface area (Å²) >= 11 is 0. The summed E-state index contributed by atoms with van der Waals surface area (Å²) in [6, 6.07) is 17.0. The van der Waals surface area contributed by atoms with Crippen LogP contribution in [0, 0.1) is 0 Å². The average molecular weight is 349 g/mol. The van der Waals surface area contributed by atoms with Crippen LogP contribution in [0.2, 0.25) is 0 Å². The van der Waals surface area contributed by atoms with Crippen molar-refractivity contribution >= 4 is 22.6 Å². The van der Waals surface area contributed by atoms with Gasteiger partial charge in [0.25, 0.3) is 5.56 Å². The second kappa shape index (κ2) is 7.87. The standard InChI is InChI=1S/C21H23N3O2/c1-14(2)15-8-9-19-17(12-15)13-16(20(25)24-19)10-11-22-21(26)23-18-6-4-3-5-7-18/h3-9,12-14H,10-11H2,1-2H3,(H,24,25)(H2,22,23,26). The smallest absolute Gasteiger partial charge is 0.319 e. The van der Waals surface area contributed by atoms with Crippen molar-refractivity contribution in [2.45, 2.75) is 26.2 Å². The second-order valence-electron chi connectivity index (χ2n) is 6.62. The molecule has 0 bridgehead atoms. The van der Waals surface area contributed by atoms with E-state index in [1.807, 2.05) is 48.5 Å². The number of urea groups is 1. The Bertz CT molecular complexity index is 962. The van der Waals surface area contributed by atoms with E-state index in [0.29, 0.717) is 24.4 Å². The Morgan fingerprint density at radius 1 is 1.08 bits per heavy atom. The van der Waals surface area contributed by atoms with Gasteiger partial charge in [-0.3, -0.25) is 4.79 Å². The monoisotopic (exact) mass is 349 g/mol. The van der Waals surface area contributed by atoms with E-state index in [2.05, 4.69) is 35.5 Å². The molecule has 26 heavy (non-hydrogen) atoms. The molecule has 5 heteroatoms. The van der Waals surface area contributed by atoms with Gasteiger partial charge in [-0.2, -0.15) is 0 Å². The Morgan fingerprint density at radius 3 is 2.58 bits per heavy atom. The molecular formula is C21H23N3O2. The number of H-pyrrole nitrogens is 1. The number of anilines is 1. The van der Waals surface area contributed by atoms with Gasteiger partial charge in [-0.05, 0) is 53.6 Å². The number of nitrogens with one attached hydrogen (secondary N) is 3. The molecule has 3 aromatic rings. The third kappa shape index (κ3) is 4.30. The van der Waals surface area contributed by atoms with Gasteiger partial charge in [-0.15, -0.1) is 0 Å². The first-order valence-corrected chi connectivity index (χ1v) is 8.78. The van der Waals surface area contributed by atoms with Crippen molar-refractivity contribution in [3.63, 3.8) is 0 Å². The van der Waals surface area contributed by atoms with Crippen molar-refractivity contribution in [1.82, 2.24) is 10.3 Å². The van der Waals surface area contributed by atoms with Crippen molar-refractivity contribution in [2.75, 3.05) is 11.9 Å². The fraction of sp³-hybridized carbons (Fsp3) is 0.238. The molecular weight excluding hydrogens is 326 g/mol. The van der Waals surface area contributed by atoms with Crippen molar-refractivity contribution in [3.8, 4) is 0 Å². The molecule has 3 N–H and O–H groups in total. The molecule has 2 aromatic carbocycles. The van der Waals surface area contributed by atoms with E-state index in [9.17, 15) is 9.59 Å². The molecule has 0 radical (unpaired) electrons. The van der Waals surface area contributed by atoms with E-state index in [-0.39, 0.29) is 11.6 Å². The van der Waals surface area contributed by atoms with E-state index in [1.165, 1.54) is 5.56 Å². The maximum Gasteiger partial charge on any atom is 0.319 e. The highest BCUT2D eigenvalue weighted by Crippen LogP contribution is 2.20. The third-order valence-electron chi connectivity index (χ3n) is 4.32. The second-order valence-corrected chi connectivity index (χ2v) is 6.62. The fourth-order valence-electron chi connectivity index (χ4n) is 2.82. The first-order chi connectivity index (χ1) is 12.5. The largest absolute Gasteiger partial charge is 0.338 e. The summed E-state index contributed by atoms with van der Waals surface area (Å²) in [6.07, 6.45) is 0.472. The van der Waals surface area contributed by atoms with Crippen molar-refractivity contribution in [3.05, 3.63) is 76.1 Å². The quantitative estimate of drug-likeness (QED) is 0.651. The first kappa shape index (κ1) is 17.7. The van der Waals surface area contributed by atoms with Crippen LogP contribution in [0.25, 0.3) is 10.9 Å². The number of rotatable bonds is 5. The SMILES string of the molecule is CC(C)c1ccc2[nH]c(=O)c(CCNC(=O)Nc3ccccc3)cc2c1. The molecule has 0 aliphatic heterocycles. The lowest BCUT2D eigenvalue weighted by atomic mass is 10.0. The minimum atomic E-state index is -0.282. The first-order valence-electron chi connectivity index (χ1n) is 8.78. The average Bonchev–Trinajstić information content (AvgIpc) is 2.62. The van der Waals surface area contributed by atoms with Crippen LogP contribution in [0.1, 0.15) is 30.9 Å². The van der Waals surface area contributed by atoms with Crippen LogP contribution in [0.5, 0.6) is 0 Å². The van der Waals surface area contributed by atoms with E-state index in [0.717, 1.165) is 16.6 Å². The molecule has 134 valence electrons. The van der Waals surface area contributed by atoms with Gasteiger partial charge in [0, 0.05) is 23.3 Å². The van der Waals surface area contributed by atoms with E-state index in [1.54, 1.807) is 0 Å². The Balaban J connectivity index is 1.65. The molecule has 0 saturated heterocycles. The molecule has 0 saturated carbocycles. The summed E-state index contributed by atoms with van der Waals surface area (Å²) in [5.41, 5.74) is 3.35. The van der Waals surface area contributed by atoms with Gasteiger partial charge < -0.3 is 15.6 Å². The number of carbonyl (C=O) groups excluding carboxylic acids is 1. The van der Waals surface area contributed by atoms with Crippen molar-refractivity contribution in [1.29, 1.82) is 0 Å². The predicted molar refractivity (Wildman–Crippen MR) is 106 cm³/mol. The third-order valence-corrected chi connectivity index (χ3v) is 4.32. The van der Waals surface area contributed by atoms with E-state index >= 15 is 0 Å². The Labute approximate surface area is 152 Å². The number of carbonyl (C=O) groups is 1. The Kier molecular flexibility index (Phi) is 5.37. The molecule has 0 fully saturated rings. The zero-order chi connectivity index (χ0) is 18.5. The van der Waals surface area contributed by atoms with Crippen LogP contribution >= 0.6 is 0 Å². The van der Waals surface area contributed by atoms with Crippen LogP contribution in [-0.4, -0.2) is 17.6 Å². The maximum atomic E-state index is 12.2. The summed E-state index contributed by atoms with van der Waals surface area (Å²) in [4.78, 5) is 27.1. The number of hydrogen-bond donors (Lipinski definition) is 3. The number of aromatic amines is 1. The van der Waals surface area contributed by atoms with Gasteiger partial charge in [0.05, 0.1) is 0 Å². The molecule has 5 nitrogen and oxygen atoms in total. The molecule has 0 aliphatic carbocycles. The highest BCUT2D eigenvalue weighted by molar-refractivity contribution is 5.89. The van der Waals surface area contributed by atoms with Crippen LogP contribution in [0.3, 0.4) is 0 Å². The van der Waals surface area contributed by atoms with Gasteiger partial charge in [0.2, 0.25) is 0 Å². The number of fused-ring (bicyclic) bond motifs is 1. The lowest BCUT2D eigenvalue weighted by Gasteiger charge is -2.09. The van der Waals surface area contributed by atoms with Crippen LogP contribution in [0.4, 0.5) is 10.5 Å². The number of para-hydroxylation sites is 1. The van der Waals surface area contributed by atoms with E-state index < -0.39 is 0 Å². The summed E-state index contributed by atoms with van der Waals surface area (Å²) in [5.74, 6) is 0.429. The fourth-order valence-corrected chi connectivity index (χ4v) is 2.82.